The third-order valence-corrected chi connectivity index (χ3v) is 5.43. The van der Waals surface area contributed by atoms with Crippen LogP contribution in [0.3, 0.4) is 0 Å². The molecule has 1 heterocycles. The topological polar surface area (TPSA) is 15.3 Å². The van der Waals surface area contributed by atoms with Crippen LogP contribution in [0.5, 0.6) is 0 Å². The van der Waals surface area contributed by atoms with E-state index in [-0.39, 0.29) is 0 Å². The van der Waals surface area contributed by atoms with Crippen LogP contribution >= 0.6 is 0 Å². The van der Waals surface area contributed by atoms with Gasteiger partial charge in [-0.2, -0.15) is 0 Å². The summed E-state index contributed by atoms with van der Waals surface area (Å²) in [5.74, 6) is 1.00. The average Bonchev–Trinajstić information content (AvgIpc) is 3.19. The predicted molar refractivity (Wildman–Crippen MR) is 76.8 cm³/mol. The zero-order valence-electron chi connectivity index (χ0n) is 12.0. The Hall–Kier alpha value is -0.0800. The number of rotatable bonds is 2. The Morgan fingerprint density at radius 1 is 0.889 bits per heavy atom. The molecule has 0 spiro atoms. The van der Waals surface area contributed by atoms with Gasteiger partial charge in [-0.1, -0.05) is 25.7 Å². The maximum absolute atomic E-state index is 3.82. The summed E-state index contributed by atoms with van der Waals surface area (Å²) in [6.07, 6.45) is 13.1. The molecule has 0 radical (unpaired) electrons. The zero-order valence-corrected chi connectivity index (χ0v) is 12.0. The summed E-state index contributed by atoms with van der Waals surface area (Å²) in [6, 6.07) is 2.49. The number of nitrogens with one attached hydrogen (secondary N) is 1. The Morgan fingerprint density at radius 3 is 2.28 bits per heavy atom. The molecule has 2 atom stereocenters. The molecule has 1 saturated heterocycles. The van der Waals surface area contributed by atoms with Gasteiger partial charge in [0.15, 0.2) is 0 Å². The first kappa shape index (κ1) is 12.9. The molecule has 104 valence electrons. The molecular weight excluding hydrogens is 220 g/mol. The van der Waals surface area contributed by atoms with Crippen LogP contribution in [0.15, 0.2) is 0 Å². The molecule has 0 bridgehead atoms. The van der Waals surface area contributed by atoms with Crippen molar-refractivity contribution < 1.29 is 0 Å². The fraction of sp³-hybridized carbons (Fsp3) is 1.00. The van der Waals surface area contributed by atoms with Crippen molar-refractivity contribution in [2.24, 2.45) is 5.92 Å². The van der Waals surface area contributed by atoms with Crippen LogP contribution in [0, 0.1) is 5.92 Å². The summed E-state index contributed by atoms with van der Waals surface area (Å²) in [5.41, 5.74) is 0. The molecule has 2 heteroatoms. The van der Waals surface area contributed by atoms with E-state index in [9.17, 15) is 0 Å². The van der Waals surface area contributed by atoms with Crippen molar-refractivity contribution in [1.29, 1.82) is 0 Å². The lowest BCUT2D eigenvalue weighted by molar-refractivity contribution is 0.123. The van der Waals surface area contributed by atoms with Gasteiger partial charge in [0.25, 0.3) is 0 Å². The van der Waals surface area contributed by atoms with E-state index in [1.165, 1.54) is 70.9 Å². The van der Waals surface area contributed by atoms with Crippen LogP contribution in [0.2, 0.25) is 0 Å². The van der Waals surface area contributed by atoms with Crippen LogP contribution < -0.4 is 5.32 Å². The van der Waals surface area contributed by atoms with Crippen molar-refractivity contribution >= 4 is 0 Å². The van der Waals surface area contributed by atoms with Crippen LogP contribution in [0.1, 0.15) is 64.7 Å². The van der Waals surface area contributed by atoms with E-state index >= 15 is 0 Å². The Balaban J connectivity index is 1.65. The van der Waals surface area contributed by atoms with Gasteiger partial charge in [0.1, 0.15) is 0 Å². The fourth-order valence-electron chi connectivity index (χ4n) is 4.03. The van der Waals surface area contributed by atoms with Crippen LogP contribution in [0.25, 0.3) is 0 Å². The first-order valence-electron chi connectivity index (χ1n) is 8.34. The van der Waals surface area contributed by atoms with Crippen molar-refractivity contribution in [3.05, 3.63) is 0 Å². The van der Waals surface area contributed by atoms with Gasteiger partial charge in [-0.3, -0.25) is 4.90 Å². The van der Waals surface area contributed by atoms with E-state index in [1.54, 1.807) is 0 Å². The summed E-state index contributed by atoms with van der Waals surface area (Å²) >= 11 is 0. The van der Waals surface area contributed by atoms with Crippen LogP contribution in [-0.4, -0.2) is 36.1 Å². The van der Waals surface area contributed by atoms with Gasteiger partial charge in [-0.15, -0.1) is 0 Å². The standard InChI is InChI=1S/C16H30N2/c1-13-10-11-17-16(14-8-9-14)12-18(13)15-6-4-2-3-5-7-15/h13-17H,2-12H2,1H3. The summed E-state index contributed by atoms with van der Waals surface area (Å²) in [6.45, 7) is 5.03. The SMILES string of the molecule is CC1CCNC(C2CC2)CN1C1CCCCCC1. The van der Waals surface area contributed by atoms with Crippen LogP contribution in [0.4, 0.5) is 0 Å². The van der Waals surface area contributed by atoms with Crippen LogP contribution in [-0.2, 0) is 0 Å². The maximum atomic E-state index is 3.82. The minimum atomic E-state index is 0.796. The maximum Gasteiger partial charge on any atom is 0.0223 e. The molecule has 3 fully saturated rings. The molecular formula is C16H30N2. The zero-order chi connectivity index (χ0) is 12.4. The lowest BCUT2D eigenvalue weighted by Crippen LogP contribution is -2.46. The third kappa shape index (κ3) is 3.08. The molecule has 2 aliphatic carbocycles. The lowest BCUT2D eigenvalue weighted by atomic mass is 10.0. The molecule has 2 nitrogen and oxygen atoms in total. The van der Waals surface area contributed by atoms with E-state index < -0.39 is 0 Å². The second-order valence-electron chi connectivity index (χ2n) is 6.88. The highest BCUT2D eigenvalue weighted by molar-refractivity contribution is 4.93. The average molecular weight is 250 g/mol. The largest absolute Gasteiger partial charge is 0.312 e. The number of nitrogens with zero attached hydrogens (tertiary/aromatic N) is 1. The molecule has 18 heavy (non-hydrogen) atoms. The fourth-order valence-corrected chi connectivity index (χ4v) is 4.03. The molecule has 0 aromatic heterocycles. The van der Waals surface area contributed by atoms with Crippen molar-refractivity contribution in [2.45, 2.75) is 82.8 Å². The van der Waals surface area contributed by atoms with Gasteiger partial charge in [0.2, 0.25) is 0 Å². The van der Waals surface area contributed by atoms with Gasteiger partial charge in [-0.05, 0) is 51.5 Å². The molecule has 2 unspecified atom stereocenters. The van der Waals surface area contributed by atoms with Crippen molar-refractivity contribution in [1.82, 2.24) is 10.2 Å². The van der Waals surface area contributed by atoms with Gasteiger partial charge in [0.05, 0.1) is 0 Å². The molecule has 1 aliphatic heterocycles. The summed E-state index contributed by atoms with van der Waals surface area (Å²) in [5, 5.41) is 3.82. The van der Waals surface area contributed by atoms with E-state index in [0.29, 0.717) is 0 Å². The first-order chi connectivity index (χ1) is 8.84. The summed E-state index contributed by atoms with van der Waals surface area (Å²) < 4.78 is 0. The lowest BCUT2D eigenvalue weighted by Gasteiger charge is -2.36. The Morgan fingerprint density at radius 2 is 1.61 bits per heavy atom. The molecule has 1 N–H and O–H groups in total. The van der Waals surface area contributed by atoms with Gasteiger partial charge < -0.3 is 5.32 Å². The van der Waals surface area contributed by atoms with Gasteiger partial charge >= 0.3 is 0 Å². The second-order valence-corrected chi connectivity index (χ2v) is 6.88. The molecule has 0 aromatic carbocycles. The number of hydrogen-bond donors (Lipinski definition) is 1. The van der Waals surface area contributed by atoms with Crippen molar-refractivity contribution in [3.8, 4) is 0 Å². The first-order valence-corrected chi connectivity index (χ1v) is 8.34. The van der Waals surface area contributed by atoms with E-state index in [0.717, 1.165) is 24.0 Å². The highest BCUT2D eigenvalue weighted by Crippen LogP contribution is 2.35. The molecule has 0 aromatic rings. The van der Waals surface area contributed by atoms with Crippen molar-refractivity contribution in [3.63, 3.8) is 0 Å². The van der Waals surface area contributed by atoms with Gasteiger partial charge in [0, 0.05) is 24.7 Å². The molecule has 3 aliphatic rings. The van der Waals surface area contributed by atoms with E-state index in [4.69, 9.17) is 0 Å². The smallest absolute Gasteiger partial charge is 0.0223 e. The minimum Gasteiger partial charge on any atom is -0.312 e. The Bertz CT molecular complexity index is 254. The normalized spacial score (nSPS) is 37.2. The minimum absolute atomic E-state index is 0.796. The van der Waals surface area contributed by atoms with E-state index in [2.05, 4.69) is 17.1 Å². The molecule has 2 saturated carbocycles. The van der Waals surface area contributed by atoms with E-state index in [1.807, 2.05) is 0 Å². The quantitative estimate of drug-likeness (QED) is 0.757. The highest BCUT2D eigenvalue weighted by Gasteiger charge is 2.36. The Labute approximate surface area is 113 Å². The third-order valence-electron chi connectivity index (χ3n) is 5.43. The second kappa shape index (κ2) is 5.92. The number of hydrogen-bond acceptors (Lipinski definition) is 2. The summed E-state index contributed by atoms with van der Waals surface area (Å²) in [7, 11) is 0. The van der Waals surface area contributed by atoms with Gasteiger partial charge in [-0.25, -0.2) is 0 Å². The highest BCUT2D eigenvalue weighted by atomic mass is 15.2. The molecule has 3 rings (SSSR count). The molecule has 0 amide bonds. The predicted octanol–water partition coefficient (Wildman–Crippen LogP) is 3.17. The summed E-state index contributed by atoms with van der Waals surface area (Å²) in [4.78, 5) is 2.88. The monoisotopic (exact) mass is 250 g/mol. The van der Waals surface area contributed by atoms with Crippen molar-refractivity contribution in [2.75, 3.05) is 13.1 Å². The Kier molecular flexibility index (Phi) is 4.25.